The minimum absolute atomic E-state index is 0.210. The van der Waals surface area contributed by atoms with E-state index < -0.39 is 11.7 Å². The maximum absolute atomic E-state index is 13.2. The molecule has 0 aliphatic heterocycles. The van der Waals surface area contributed by atoms with Crippen molar-refractivity contribution in [2.24, 2.45) is 0 Å². The summed E-state index contributed by atoms with van der Waals surface area (Å²) in [5.41, 5.74) is 1.87. The third-order valence-corrected chi connectivity index (χ3v) is 4.73. The highest BCUT2D eigenvalue weighted by Crippen LogP contribution is 2.32. The molecule has 1 aromatic carbocycles. The van der Waals surface area contributed by atoms with Crippen molar-refractivity contribution in [1.82, 2.24) is 15.5 Å². The predicted molar refractivity (Wildman–Crippen MR) is 112 cm³/mol. The van der Waals surface area contributed by atoms with Crippen molar-refractivity contribution in [3.8, 4) is 0 Å². The first-order valence-corrected chi connectivity index (χ1v) is 9.51. The van der Waals surface area contributed by atoms with Gasteiger partial charge in [-0.1, -0.05) is 31.2 Å². The van der Waals surface area contributed by atoms with Crippen LogP contribution in [-0.2, 0) is 12.7 Å². The molecule has 0 aliphatic rings. The van der Waals surface area contributed by atoms with E-state index in [4.69, 9.17) is 0 Å². The maximum atomic E-state index is 13.2. The minimum Gasteiger partial charge on any atom is -0.388 e. The van der Waals surface area contributed by atoms with Crippen molar-refractivity contribution in [3.05, 3.63) is 62.8 Å². The number of anilines is 1. The van der Waals surface area contributed by atoms with Crippen LogP contribution in [0, 0.1) is 13.8 Å². The van der Waals surface area contributed by atoms with Crippen LogP contribution in [-0.4, -0.2) is 17.2 Å². The standard InChI is InChI=1S/C22H27F3N4/c1-6-9-17(26-5)12-19-18(7-2)15(4)28-29-21(19)27-13-16-10-8-11-20(14(16)3)22(23,24)25/h7-12,26H,6,13H2,1-5H3,(H,27,29)/b17-9-,18-7?,19-12+. The van der Waals surface area contributed by atoms with Gasteiger partial charge in [0.05, 0.1) is 11.3 Å². The van der Waals surface area contributed by atoms with E-state index in [1.165, 1.54) is 13.0 Å². The summed E-state index contributed by atoms with van der Waals surface area (Å²) in [5, 5.41) is 16.6. The van der Waals surface area contributed by atoms with Gasteiger partial charge in [-0.05, 0) is 50.5 Å². The van der Waals surface area contributed by atoms with Gasteiger partial charge in [0.1, 0.15) is 0 Å². The Balaban J connectivity index is 2.51. The summed E-state index contributed by atoms with van der Waals surface area (Å²) in [5.74, 6) is 0.526. The quantitative estimate of drug-likeness (QED) is 0.769. The molecule has 1 heterocycles. The molecule has 0 aliphatic carbocycles. The zero-order valence-corrected chi connectivity index (χ0v) is 17.4. The number of alkyl halides is 3. The summed E-state index contributed by atoms with van der Waals surface area (Å²) in [6.45, 7) is 7.54. The molecule has 29 heavy (non-hydrogen) atoms. The van der Waals surface area contributed by atoms with Crippen LogP contribution in [0.1, 0.15) is 42.7 Å². The number of nitrogens with zero attached hydrogens (tertiary/aromatic N) is 2. The van der Waals surface area contributed by atoms with E-state index in [9.17, 15) is 13.2 Å². The van der Waals surface area contributed by atoms with Crippen LogP contribution in [0.25, 0.3) is 12.2 Å². The third-order valence-electron chi connectivity index (χ3n) is 4.73. The molecule has 0 saturated carbocycles. The molecule has 0 amide bonds. The molecular formula is C22H27F3N4. The topological polar surface area (TPSA) is 49.8 Å². The number of aromatic nitrogens is 2. The zero-order valence-electron chi connectivity index (χ0n) is 17.4. The van der Waals surface area contributed by atoms with Crippen molar-refractivity contribution in [2.75, 3.05) is 12.4 Å². The van der Waals surface area contributed by atoms with E-state index in [1.807, 2.05) is 40.0 Å². The Morgan fingerprint density at radius 2 is 1.86 bits per heavy atom. The van der Waals surface area contributed by atoms with E-state index in [2.05, 4.69) is 26.9 Å². The third kappa shape index (κ3) is 5.37. The van der Waals surface area contributed by atoms with Crippen LogP contribution < -0.4 is 21.1 Å². The number of rotatable bonds is 6. The minimum atomic E-state index is -4.38. The Kier molecular flexibility index (Phi) is 7.42. The Hall–Kier alpha value is -2.83. The van der Waals surface area contributed by atoms with Crippen LogP contribution in [0.4, 0.5) is 19.0 Å². The number of aryl methyl sites for hydroxylation is 1. The lowest BCUT2D eigenvalue weighted by atomic mass is 10.0. The van der Waals surface area contributed by atoms with Crippen molar-refractivity contribution >= 4 is 18.0 Å². The Labute approximate surface area is 169 Å². The first kappa shape index (κ1) is 22.5. The van der Waals surface area contributed by atoms with Crippen molar-refractivity contribution in [3.63, 3.8) is 0 Å². The van der Waals surface area contributed by atoms with Gasteiger partial charge in [-0.2, -0.15) is 18.3 Å². The maximum Gasteiger partial charge on any atom is 0.416 e. The summed E-state index contributed by atoms with van der Waals surface area (Å²) in [6.07, 6.45) is 2.47. The number of hydrogen-bond donors (Lipinski definition) is 2. The Morgan fingerprint density at radius 3 is 2.45 bits per heavy atom. The second-order valence-corrected chi connectivity index (χ2v) is 6.65. The molecule has 7 heteroatoms. The average molecular weight is 404 g/mol. The molecule has 0 spiro atoms. The molecule has 0 atom stereocenters. The molecule has 0 fully saturated rings. The van der Waals surface area contributed by atoms with Crippen LogP contribution in [0.3, 0.4) is 0 Å². The molecule has 0 bridgehead atoms. The van der Waals surface area contributed by atoms with Gasteiger partial charge < -0.3 is 10.6 Å². The van der Waals surface area contributed by atoms with Gasteiger partial charge >= 0.3 is 6.18 Å². The van der Waals surface area contributed by atoms with Crippen LogP contribution in [0.2, 0.25) is 0 Å². The molecule has 2 aromatic rings. The normalized spacial score (nSPS) is 13.7. The highest BCUT2D eigenvalue weighted by atomic mass is 19.4. The Bertz CT molecular complexity index is 1010. The summed E-state index contributed by atoms with van der Waals surface area (Å²) < 4.78 is 39.6. The van der Waals surface area contributed by atoms with E-state index >= 15 is 0 Å². The van der Waals surface area contributed by atoms with Gasteiger partial charge in [-0.15, -0.1) is 5.10 Å². The van der Waals surface area contributed by atoms with Gasteiger partial charge in [0.25, 0.3) is 0 Å². The first-order valence-electron chi connectivity index (χ1n) is 9.51. The van der Waals surface area contributed by atoms with E-state index in [0.717, 1.165) is 34.3 Å². The summed E-state index contributed by atoms with van der Waals surface area (Å²) in [7, 11) is 1.84. The van der Waals surface area contributed by atoms with Crippen molar-refractivity contribution in [2.45, 2.75) is 46.8 Å². The van der Waals surface area contributed by atoms with Crippen molar-refractivity contribution in [1.29, 1.82) is 0 Å². The second-order valence-electron chi connectivity index (χ2n) is 6.65. The Morgan fingerprint density at radius 1 is 1.14 bits per heavy atom. The summed E-state index contributed by atoms with van der Waals surface area (Å²) >= 11 is 0. The molecule has 1 aromatic heterocycles. The number of halogens is 3. The molecule has 156 valence electrons. The van der Waals surface area contributed by atoms with Gasteiger partial charge in [-0.25, -0.2) is 0 Å². The molecule has 0 radical (unpaired) electrons. The van der Waals surface area contributed by atoms with E-state index in [0.29, 0.717) is 11.4 Å². The fraction of sp³-hybridized carbons (Fsp3) is 0.364. The highest BCUT2D eigenvalue weighted by Gasteiger charge is 2.32. The molecular weight excluding hydrogens is 377 g/mol. The fourth-order valence-corrected chi connectivity index (χ4v) is 3.17. The van der Waals surface area contributed by atoms with E-state index in [-0.39, 0.29) is 12.1 Å². The molecule has 4 nitrogen and oxygen atoms in total. The fourth-order valence-electron chi connectivity index (χ4n) is 3.17. The number of allylic oxidation sites excluding steroid dienone is 2. The van der Waals surface area contributed by atoms with Crippen LogP contribution in [0.5, 0.6) is 0 Å². The molecule has 2 N–H and O–H groups in total. The average Bonchev–Trinajstić information content (AvgIpc) is 2.67. The van der Waals surface area contributed by atoms with Gasteiger partial charge in [0.2, 0.25) is 0 Å². The zero-order chi connectivity index (χ0) is 21.6. The largest absolute Gasteiger partial charge is 0.416 e. The van der Waals surface area contributed by atoms with Gasteiger partial charge in [-0.3, -0.25) is 0 Å². The molecule has 2 rings (SSSR count). The first-order chi connectivity index (χ1) is 13.7. The smallest absolute Gasteiger partial charge is 0.388 e. The molecule has 0 unspecified atom stereocenters. The van der Waals surface area contributed by atoms with Gasteiger partial charge in [0.15, 0.2) is 5.82 Å². The van der Waals surface area contributed by atoms with Crippen LogP contribution in [0.15, 0.2) is 30.0 Å². The monoisotopic (exact) mass is 404 g/mol. The number of hydrogen-bond acceptors (Lipinski definition) is 4. The lowest BCUT2D eigenvalue weighted by molar-refractivity contribution is -0.138. The van der Waals surface area contributed by atoms with E-state index in [1.54, 1.807) is 6.07 Å². The van der Waals surface area contributed by atoms with Crippen LogP contribution >= 0.6 is 0 Å². The lowest BCUT2D eigenvalue weighted by Gasteiger charge is -2.15. The SMILES string of the molecule is CC=c1c(C)nnc(NCc2cccc(C(F)(F)F)c2C)/c1=C/C(=C/CC)NC. The second kappa shape index (κ2) is 9.58. The lowest BCUT2D eigenvalue weighted by Crippen LogP contribution is -2.34. The summed E-state index contributed by atoms with van der Waals surface area (Å²) in [4.78, 5) is 0. The predicted octanol–water partition coefficient (Wildman–Crippen LogP) is 3.82. The molecule has 0 saturated heterocycles. The number of benzene rings is 1. The van der Waals surface area contributed by atoms with Gasteiger partial charge in [0, 0.05) is 29.7 Å². The highest BCUT2D eigenvalue weighted by molar-refractivity contribution is 5.54. The van der Waals surface area contributed by atoms with Crippen molar-refractivity contribution < 1.29 is 13.2 Å². The number of nitrogens with one attached hydrogen (secondary N) is 2. The summed E-state index contributed by atoms with van der Waals surface area (Å²) in [6, 6.07) is 4.21.